The second-order valence-electron chi connectivity index (χ2n) is 20.7. The summed E-state index contributed by atoms with van der Waals surface area (Å²) in [6.45, 7) is 20.0. The number of rotatable bonds is 12. The summed E-state index contributed by atoms with van der Waals surface area (Å²) in [5.74, 6) is -0.455. The minimum atomic E-state index is -1.18. The van der Waals surface area contributed by atoms with Crippen molar-refractivity contribution in [1.82, 2.24) is 15.2 Å². The molecule has 5 aliphatic carbocycles. The zero-order valence-electron chi connectivity index (χ0n) is 35.8. The van der Waals surface area contributed by atoms with E-state index >= 15 is 0 Å². The van der Waals surface area contributed by atoms with Crippen LogP contribution >= 0.6 is 0 Å². The van der Waals surface area contributed by atoms with Crippen LogP contribution in [0.15, 0.2) is 35.5 Å². The molecule has 10 heteroatoms. The van der Waals surface area contributed by atoms with E-state index in [1.54, 1.807) is 32.0 Å². The van der Waals surface area contributed by atoms with Crippen LogP contribution in [-0.4, -0.2) is 76.1 Å². The minimum absolute atomic E-state index is 0.0160. The number of ether oxygens (including phenoxy) is 1. The second kappa shape index (κ2) is 14.9. The van der Waals surface area contributed by atoms with Crippen LogP contribution in [0.2, 0.25) is 0 Å². The first-order valence-electron chi connectivity index (χ1n) is 21.3. The number of nitrogens with one attached hydrogen (secondary N) is 1. The van der Waals surface area contributed by atoms with Crippen LogP contribution in [0, 0.1) is 56.2 Å². The van der Waals surface area contributed by atoms with E-state index in [4.69, 9.17) is 4.74 Å². The van der Waals surface area contributed by atoms with Crippen LogP contribution in [0.3, 0.4) is 0 Å². The standard InChI is InChI=1S/C46H69N3O7/c1-28(2)38-31(50)23-46(34(51)27-49(36(52)25-47-10)26-29-13-11-12-22-48-29)21-20-44(8)30(39(38)46)14-15-33-43(7)18-17-35(56-37(53)24-41(3,4)40(54)55)42(5,6)32(43)16-19-45(33,44)9/h11-13,22,28,30,32-35,47,51H,14-21,23-27H2,1-10H3,(H,54,55)/t30-,32+,33-,34?,35+,43+,44-,45-,46+/m1/s1. The number of esters is 1. The molecule has 1 amide bonds. The summed E-state index contributed by atoms with van der Waals surface area (Å²) in [7, 11) is 1.75. The summed E-state index contributed by atoms with van der Waals surface area (Å²) in [6, 6.07) is 5.65. The maximum Gasteiger partial charge on any atom is 0.309 e. The number of aliphatic hydroxyl groups excluding tert-OH is 1. The first-order valence-corrected chi connectivity index (χ1v) is 21.3. The first-order chi connectivity index (χ1) is 26.1. The molecular weight excluding hydrogens is 707 g/mol. The number of carboxylic acids is 1. The number of amides is 1. The fraction of sp³-hybridized carbons (Fsp3) is 0.761. The highest BCUT2D eigenvalue weighted by Gasteiger charge is 2.71. The molecule has 10 nitrogen and oxygen atoms in total. The van der Waals surface area contributed by atoms with Crippen molar-refractivity contribution >= 4 is 23.6 Å². The van der Waals surface area contributed by atoms with Crippen molar-refractivity contribution in [2.45, 2.75) is 145 Å². The van der Waals surface area contributed by atoms with Crippen LogP contribution in [0.25, 0.3) is 0 Å². The van der Waals surface area contributed by atoms with Crippen LogP contribution < -0.4 is 5.32 Å². The number of allylic oxidation sites excluding steroid dienone is 1. The van der Waals surface area contributed by atoms with Crippen molar-refractivity contribution in [2.75, 3.05) is 20.1 Å². The van der Waals surface area contributed by atoms with E-state index in [1.165, 1.54) is 5.57 Å². The van der Waals surface area contributed by atoms with Crippen LogP contribution in [0.1, 0.15) is 132 Å². The Morgan fingerprint density at radius 3 is 2.32 bits per heavy atom. The molecular formula is C46H69N3O7. The molecule has 0 aromatic carbocycles. The number of carbonyl (C=O) groups excluding carboxylic acids is 3. The highest BCUT2D eigenvalue weighted by molar-refractivity contribution is 6.00. The molecule has 310 valence electrons. The Morgan fingerprint density at radius 1 is 0.982 bits per heavy atom. The molecule has 3 N–H and O–H groups in total. The summed E-state index contributed by atoms with van der Waals surface area (Å²) in [4.78, 5) is 58.9. The zero-order chi connectivity index (χ0) is 41.2. The molecule has 0 bridgehead atoms. The van der Waals surface area contributed by atoms with Gasteiger partial charge in [-0.2, -0.15) is 0 Å². The Bertz CT molecular complexity index is 1740. The average molecular weight is 776 g/mol. The Kier molecular flexibility index (Phi) is 11.3. The zero-order valence-corrected chi connectivity index (χ0v) is 35.8. The molecule has 1 unspecified atom stereocenters. The number of hydrogen-bond donors (Lipinski definition) is 3. The number of fused-ring (bicyclic) bond motifs is 7. The number of hydrogen-bond acceptors (Lipinski definition) is 8. The number of aliphatic hydroxyl groups is 1. The van der Waals surface area contributed by atoms with Gasteiger partial charge in [-0.3, -0.25) is 24.2 Å². The molecule has 0 spiro atoms. The van der Waals surface area contributed by atoms with Gasteiger partial charge in [-0.1, -0.05) is 60.1 Å². The Hall–Kier alpha value is -3.11. The fourth-order valence-corrected chi connectivity index (χ4v) is 13.5. The number of carboxylic acid groups (broad SMARTS) is 1. The Morgan fingerprint density at radius 2 is 1.70 bits per heavy atom. The van der Waals surface area contributed by atoms with Gasteiger partial charge in [-0.05, 0) is 130 Å². The summed E-state index contributed by atoms with van der Waals surface area (Å²) in [6.07, 6.45) is 8.00. The monoisotopic (exact) mass is 776 g/mol. The topological polar surface area (TPSA) is 146 Å². The van der Waals surface area contributed by atoms with E-state index in [0.717, 1.165) is 56.2 Å². The van der Waals surface area contributed by atoms with Crippen molar-refractivity contribution in [3.05, 3.63) is 41.2 Å². The molecule has 4 fully saturated rings. The van der Waals surface area contributed by atoms with Crippen molar-refractivity contribution in [1.29, 1.82) is 0 Å². The predicted octanol–water partition coefficient (Wildman–Crippen LogP) is 7.38. The van der Waals surface area contributed by atoms with Gasteiger partial charge in [0.1, 0.15) is 6.10 Å². The van der Waals surface area contributed by atoms with Gasteiger partial charge in [0.25, 0.3) is 0 Å². The van der Waals surface area contributed by atoms with Crippen molar-refractivity contribution < 1.29 is 34.1 Å². The third-order valence-corrected chi connectivity index (χ3v) is 16.7. The van der Waals surface area contributed by atoms with Crippen molar-refractivity contribution in [3.63, 3.8) is 0 Å². The van der Waals surface area contributed by atoms with E-state index < -0.39 is 28.9 Å². The molecule has 0 aliphatic heterocycles. The van der Waals surface area contributed by atoms with E-state index in [1.807, 2.05) is 18.2 Å². The smallest absolute Gasteiger partial charge is 0.309 e. The number of aromatic nitrogens is 1. The molecule has 5 aliphatic rings. The number of nitrogens with zero attached hydrogens (tertiary/aromatic N) is 2. The quantitative estimate of drug-likeness (QED) is 0.185. The molecule has 4 saturated carbocycles. The third kappa shape index (κ3) is 6.76. The summed E-state index contributed by atoms with van der Waals surface area (Å²) in [5, 5.41) is 25.2. The fourth-order valence-electron chi connectivity index (χ4n) is 13.5. The van der Waals surface area contributed by atoms with E-state index in [0.29, 0.717) is 24.7 Å². The van der Waals surface area contributed by atoms with Gasteiger partial charge in [0, 0.05) is 30.0 Å². The molecule has 1 aromatic rings. The molecule has 1 aromatic heterocycles. The molecule has 6 rings (SSSR count). The van der Waals surface area contributed by atoms with Crippen molar-refractivity contribution in [3.8, 4) is 0 Å². The lowest BCUT2D eigenvalue weighted by atomic mass is 9.33. The lowest BCUT2D eigenvalue weighted by Gasteiger charge is -2.72. The molecule has 0 saturated heterocycles. The van der Waals surface area contributed by atoms with Gasteiger partial charge in [-0.15, -0.1) is 0 Å². The number of likely N-dealkylation sites (N-methyl/N-ethyl adjacent to an activating group) is 1. The van der Waals surface area contributed by atoms with Gasteiger partial charge in [0.15, 0.2) is 5.78 Å². The van der Waals surface area contributed by atoms with Gasteiger partial charge in [0.05, 0.1) is 36.7 Å². The molecule has 56 heavy (non-hydrogen) atoms. The maximum absolute atomic E-state index is 14.2. The Labute approximate surface area is 335 Å². The number of Topliss-reactive ketones (excluding diaryl/α,β-unsaturated/α-hetero) is 1. The highest BCUT2D eigenvalue weighted by Crippen LogP contribution is 2.77. The normalized spacial score (nSPS) is 35.5. The number of carbonyl (C=O) groups is 4. The minimum Gasteiger partial charge on any atom is -0.481 e. The first kappa shape index (κ1) is 42.5. The van der Waals surface area contributed by atoms with Gasteiger partial charge >= 0.3 is 11.9 Å². The molecule has 9 atom stereocenters. The second-order valence-corrected chi connectivity index (χ2v) is 20.7. The largest absolute Gasteiger partial charge is 0.481 e. The van der Waals surface area contributed by atoms with Gasteiger partial charge in [-0.25, -0.2) is 0 Å². The number of pyridine rings is 1. The maximum atomic E-state index is 14.2. The van der Waals surface area contributed by atoms with E-state index in [-0.39, 0.29) is 77.3 Å². The van der Waals surface area contributed by atoms with Crippen LogP contribution in [0.4, 0.5) is 0 Å². The predicted molar refractivity (Wildman–Crippen MR) is 215 cm³/mol. The number of aliphatic carboxylic acids is 1. The van der Waals surface area contributed by atoms with Crippen LogP contribution in [-0.2, 0) is 30.5 Å². The lowest BCUT2D eigenvalue weighted by Crippen LogP contribution is -2.66. The Balaban J connectivity index is 1.30. The number of ketones is 1. The van der Waals surface area contributed by atoms with E-state index in [2.05, 4.69) is 58.8 Å². The highest BCUT2D eigenvalue weighted by atomic mass is 16.5. The van der Waals surface area contributed by atoms with E-state index in [9.17, 15) is 29.4 Å². The lowest BCUT2D eigenvalue weighted by molar-refractivity contribution is -0.235. The SMILES string of the molecule is CNCC(=O)N(Cc1ccccn1)CC(O)[C@@]12CC[C@]3(C)[C@H](CC[C@@H]4[C@@]5(C)CC[C@H](OC(=O)CC(C)(C)C(=O)O)C(C)(C)[C@@H]5CC[C@]43C)C1=C(C(C)C)C(=O)C2. The van der Waals surface area contributed by atoms with Gasteiger partial charge < -0.3 is 25.2 Å². The molecule has 0 radical (unpaired) electrons. The summed E-state index contributed by atoms with van der Waals surface area (Å²) < 4.78 is 6.17. The average Bonchev–Trinajstić information content (AvgIpc) is 3.43. The third-order valence-electron chi connectivity index (χ3n) is 16.7. The summed E-state index contributed by atoms with van der Waals surface area (Å²) >= 11 is 0. The van der Waals surface area contributed by atoms with Crippen LogP contribution in [0.5, 0.6) is 0 Å². The summed E-state index contributed by atoms with van der Waals surface area (Å²) in [5.41, 5.74) is 0.575. The molecule has 1 heterocycles. The van der Waals surface area contributed by atoms with Crippen molar-refractivity contribution in [2.24, 2.45) is 56.2 Å². The van der Waals surface area contributed by atoms with Gasteiger partial charge in [0.2, 0.25) is 5.91 Å².